The van der Waals surface area contributed by atoms with Gasteiger partial charge in [-0.2, -0.15) is 5.10 Å². The molecule has 106 valence electrons. The van der Waals surface area contributed by atoms with Gasteiger partial charge in [0.15, 0.2) is 12.2 Å². The quantitative estimate of drug-likeness (QED) is 0.760. The summed E-state index contributed by atoms with van der Waals surface area (Å²) in [6, 6.07) is 7.30. The lowest BCUT2D eigenvalue weighted by Crippen LogP contribution is -2.18. The van der Waals surface area contributed by atoms with Crippen LogP contribution in [0.15, 0.2) is 53.7 Å². The molecule has 7 nitrogen and oxygen atoms in total. The number of anilines is 2. The van der Waals surface area contributed by atoms with E-state index in [-0.39, 0.29) is 12.5 Å². The molecule has 0 atom stereocenters. The number of amides is 1. The molecule has 0 unspecified atom stereocenters. The largest absolute Gasteiger partial charge is 0.444 e. The van der Waals surface area contributed by atoms with E-state index in [4.69, 9.17) is 10.2 Å². The smallest absolute Gasteiger partial charge is 0.246 e. The first-order valence-electron chi connectivity index (χ1n) is 6.27. The van der Waals surface area contributed by atoms with Crippen molar-refractivity contribution in [2.24, 2.45) is 0 Å². The van der Waals surface area contributed by atoms with Crippen LogP contribution in [-0.2, 0) is 11.3 Å². The minimum atomic E-state index is -0.175. The Labute approximate surface area is 120 Å². The van der Waals surface area contributed by atoms with Crippen molar-refractivity contribution in [2.45, 2.75) is 6.54 Å². The molecule has 0 aliphatic rings. The Kier molecular flexibility index (Phi) is 3.38. The molecule has 3 aromatic rings. The highest BCUT2D eigenvalue weighted by molar-refractivity contribution is 5.90. The zero-order valence-corrected chi connectivity index (χ0v) is 11.1. The number of nitrogens with two attached hydrogens (primary N) is 1. The third-order valence-electron chi connectivity index (χ3n) is 2.84. The van der Waals surface area contributed by atoms with Crippen molar-refractivity contribution < 1.29 is 9.21 Å². The Morgan fingerprint density at radius 2 is 2.10 bits per heavy atom. The van der Waals surface area contributed by atoms with E-state index >= 15 is 0 Å². The molecule has 0 bridgehead atoms. The molecule has 7 heteroatoms. The van der Waals surface area contributed by atoms with Gasteiger partial charge >= 0.3 is 0 Å². The second kappa shape index (κ2) is 5.49. The van der Waals surface area contributed by atoms with Gasteiger partial charge in [-0.3, -0.25) is 9.48 Å². The monoisotopic (exact) mass is 283 g/mol. The summed E-state index contributed by atoms with van der Waals surface area (Å²) in [6.07, 6.45) is 6.11. The molecule has 0 aliphatic heterocycles. The molecule has 0 saturated carbocycles. The summed E-state index contributed by atoms with van der Waals surface area (Å²) < 4.78 is 6.68. The molecule has 3 rings (SSSR count). The van der Waals surface area contributed by atoms with Crippen LogP contribution in [0.1, 0.15) is 0 Å². The second-order valence-corrected chi connectivity index (χ2v) is 4.46. The fraction of sp³-hybridized carbons (Fsp3) is 0.0714. The summed E-state index contributed by atoms with van der Waals surface area (Å²) in [5.74, 6) is 0.505. The number of carbonyl (C=O) groups is 1. The zero-order chi connectivity index (χ0) is 14.7. The van der Waals surface area contributed by atoms with Gasteiger partial charge in [-0.05, 0) is 24.3 Å². The van der Waals surface area contributed by atoms with E-state index < -0.39 is 0 Å². The third-order valence-corrected chi connectivity index (χ3v) is 2.84. The summed E-state index contributed by atoms with van der Waals surface area (Å²) in [5.41, 5.74) is 7.66. The van der Waals surface area contributed by atoms with Crippen LogP contribution in [0.4, 0.5) is 11.4 Å². The molecule has 0 aliphatic carbocycles. The first-order chi connectivity index (χ1) is 10.2. The lowest BCUT2D eigenvalue weighted by Gasteiger charge is -2.06. The molecule has 0 fully saturated rings. The van der Waals surface area contributed by atoms with Crippen molar-refractivity contribution in [3.8, 4) is 11.3 Å². The van der Waals surface area contributed by atoms with E-state index in [0.717, 1.165) is 5.56 Å². The summed E-state index contributed by atoms with van der Waals surface area (Å²) in [6.45, 7) is 0.112. The van der Waals surface area contributed by atoms with Crippen molar-refractivity contribution in [3.63, 3.8) is 0 Å². The van der Waals surface area contributed by atoms with Crippen LogP contribution in [0, 0.1) is 0 Å². The lowest BCUT2D eigenvalue weighted by molar-refractivity contribution is -0.116. The van der Waals surface area contributed by atoms with Gasteiger partial charge in [0.05, 0.1) is 18.1 Å². The lowest BCUT2D eigenvalue weighted by atomic mass is 10.2. The minimum absolute atomic E-state index is 0.112. The number of rotatable bonds is 4. The highest BCUT2D eigenvalue weighted by Gasteiger charge is 2.06. The van der Waals surface area contributed by atoms with E-state index in [2.05, 4.69) is 15.4 Å². The maximum absolute atomic E-state index is 11.9. The standard InChI is InChI=1S/C14H13N5O2/c15-11-5-17-19(7-11)8-14(20)18-12-3-1-10(2-4-12)13-6-16-9-21-13/h1-7,9H,8,15H2,(H,18,20). The van der Waals surface area contributed by atoms with E-state index in [1.165, 1.54) is 17.3 Å². The number of oxazole rings is 1. The van der Waals surface area contributed by atoms with Crippen LogP contribution in [0.2, 0.25) is 0 Å². The molecule has 0 saturated heterocycles. The summed E-state index contributed by atoms with van der Waals surface area (Å²) in [5, 5.41) is 6.74. The molecule has 0 spiro atoms. The molecule has 1 aromatic carbocycles. The molecular formula is C14H13N5O2. The Morgan fingerprint density at radius 1 is 1.29 bits per heavy atom. The predicted octanol–water partition coefficient (Wildman–Crippen LogP) is 1.76. The molecule has 1 amide bonds. The molecule has 3 N–H and O–H groups in total. The van der Waals surface area contributed by atoms with Crippen molar-refractivity contribution in [3.05, 3.63) is 49.2 Å². The van der Waals surface area contributed by atoms with Crippen molar-refractivity contribution >= 4 is 17.3 Å². The number of nitrogens with one attached hydrogen (secondary N) is 1. The Balaban J connectivity index is 1.63. The van der Waals surface area contributed by atoms with Gasteiger partial charge in [0.1, 0.15) is 6.54 Å². The topological polar surface area (TPSA) is 99.0 Å². The fourth-order valence-electron chi connectivity index (χ4n) is 1.89. The third kappa shape index (κ3) is 3.08. The van der Waals surface area contributed by atoms with E-state index in [9.17, 15) is 4.79 Å². The van der Waals surface area contributed by atoms with E-state index in [1.54, 1.807) is 24.5 Å². The van der Waals surface area contributed by atoms with Crippen LogP contribution in [0.25, 0.3) is 11.3 Å². The predicted molar refractivity (Wildman–Crippen MR) is 77.2 cm³/mol. The second-order valence-electron chi connectivity index (χ2n) is 4.46. The number of hydrogen-bond acceptors (Lipinski definition) is 5. The van der Waals surface area contributed by atoms with Crippen LogP contribution >= 0.6 is 0 Å². The molecule has 0 radical (unpaired) electrons. The number of aromatic nitrogens is 3. The molecular weight excluding hydrogens is 270 g/mol. The van der Waals surface area contributed by atoms with Gasteiger partial charge in [0, 0.05) is 17.4 Å². The van der Waals surface area contributed by atoms with Gasteiger partial charge < -0.3 is 15.5 Å². The van der Waals surface area contributed by atoms with E-state index in [1.807, 2.05) is 12.1 Å². The normalized spacial score (nSPS) is 10.5. The average Bonchev–Trinajstić information content (AvgIpc) is 3.11. The number of nitrogens with zero attached hydrogens (tertiary/aromatic N) is 3. The van der Waals surface area contributed by atoms with Crippen molar-refractivity contribution in [2.75, 3.05) is 11.1 Å². The summed E-state index contributed by atoms with van der Waals surface area (Å²) in [4.78, 5) is 15.7. The SMILES string of the molecule is Nc1cnn(CC(=O)Nc2ccc(-c3cnco3)cc2)c1. The molecule has 21 heavy (non-hydrogen) atoms. The van der Waals surface area contributed by atoms with Gasteiger partial charge in [0.25, 0.3) is 0 Å². The highest BCUT2D eigenvalue weighted by Crippen LogP contribution is 2.20. The van der Waals surface area contributed by atoms with Gasteiger partial charge in [-0.15, -0.1) is 0 Å². The van der Waals surface area contributed by atoms with Crippen LogP contribution in [-0.4, -0.2) is 20.7 Å². The van der Waals surface area contributed by atoms with Gasteiger partial charge in [-0.1, -0.05) is 0 Å². The maximum atomic E-state index is 11.9. The van der Waals surface area contributed by atoms with Crippen LogP contribution in [0.5, 0.6) is 0 Å². The van der Waals surface area contributed by atoms with Gasteiger partial charge in [0.2, 0.25) is 5.91 Å². The zero-order valence-electron chi connectivity index (χ0n) is 11.1. The highest BCUT2D eigenvalue weighted by atomic mass is 16.3. The van der Waals surface area contributed by atoms with Crippen LogP contribution < -0.4 is 11.1 Å². The maximum Gasteiger partial charge on any atom is 0.246 e. The van der Waals surface area contributed by atoms with Crippen molar-refractivity contribution in [1.82, 2.24) is 14.8 Å². The first kappa shape index (κ1) is 12.9. The van der Waals surface area contributed by atoms with Gasteiger partial charge in [-0.25, -0.2) is 4.98 Å². The van der Waals surface area contributed by atoms with Crippen LogP contribution in [0.3, 0.4) is 0 Å². The number of hydrogen-bond donors (Lipinski definition) is 2. The number of carbonyl (C=O) groups excluding carboxylic acids is 1. The molecule has 2 heterocycles. The van der Waals surface area contributed by atoms with Crippen molar-refractivity contribution in [1.29, 1.82) is 0 Å². The number of nitrogen functional groups attached to an aromatic ring is 1. The Morgan fingerprint density at radius 3 is 2.71 bits per heavy atom. The summed E-state index contributed by atoms with van der Waals surface area (Å²) >= 11 is 0. The Hall–Kier alpha value is -3.09. The van der Waals surface area contributed by atoms with E-state index in [0.29, 0.717) is 17.1 Å². The average molecular weight is 283 g/mol. The summed E-state index contributed by atoms with van der Waals surface area (Å²) in [7, 11) is 0. The number of benzene rings is 1. The molecule has 2 aromatic heterocycles. The minimum Gasteiger partial charge on any atom is -0.444 e. The fourth-order valence-corrected chi connectivity index (χ4v) is 1.89. The first-order valence-corrected chi connectivity index (χ1v) is 6.27. The Bertz CT molecular complexity index is 731.